The first-order valence-electron chi connectivity index (χ1n) is 2.65. The topological polar surface area (TPSA) is 37.4 Å². The van der Waals surface area contributed by atoms with Gasteiger partial charge in [-0.05, 0) is 0 Å². The fraction of sp³-hybridized carbons (Fsp3) is 0.333. The molecule has 0 radical (unpaired) electrons. The van der Waals surface area contributed by atoms with Gasteiger partial charge in [0.1, 0.15) is 0 Å². The maximum atomic E-state index is 10.6. The van der Waals surface area contributed by atoms with Crippen molar-refractivity contribution in [3.8, 4) is 0 Å². The molecule has 0 aliphatic rings. The van der Waals surface area contributed by atoms with Gasteiger partial charge < -0.3 is 0 Å². The molecule has 0 aromatic rings. The third kappa shape index (κ3) is 2.08. The van der Waals surface area contributed by atoms with Gasteiger partial charge >= 0.3 is 0 Å². The van der Waals surface area contributed by atoms with Crippen molar-refractivity contribution < 1.29 is 9.59 Å². The molecule has 0 spiro atoms. The molecule has 0 N–H and O–H groups in total. The number of amides is 2. The minimum Gasteiger partial charge on any atom is -0.278 e. The lowest BCUT2D eigenvalue weighted by molar-refractivity contribution is -0.134. The summed E-state index contributed by atoms with van der Waals surface area (Å²) in [4.78, 5) is 21.5. The molecule has 0 fully saturated rings. The number of carbonyl (C=O) groups excluding carboxylic acids is 2. The van der Waals surface area contributed by atoms with Gasteiger partial charge in [0.2, 0.25) is 12.3 Å². The normalized spacial score (nSPS) is 8.11. The lowest BCUT2D eigenvalue weighted by atomic mass is 10.4. The van der Waals surface area contributed by atoms with Crippen LogP contribution < -0.4 is 0 Å². The largest absolute Gasteiger partial charge is 0.278 e. The lowest BCUT2D eigenvalue weighted by Crippen LogP contribution is -2.22. The molecule has 0 aliphatic carbocycles. The lowest BCUT2D eigenvalue weighted by Gasteiger charge is -2.05. The van der Waals surface area contributed by atoms with Gasteiger partial charge in [-0.1, -0.05) is 13.5 Å². The zero-order valence-electron chi connectivity index (χ0n) is 5.33. The molecule has 0 aromatic heterocycles. The standard InChI is InChI=1S/C6H9NO2/c1-3-6(9)7(4-2)5-8/h4-5H,2-3H2,1H3. The molecule has 0 saturated carbocycles. The molecular formula is C6H9NO2. The molecule has 0 saturated heterocycles. The predicted octanol–water partition coefficient (Wildman–Crippen LogP) is 0.525. The second kappa shape index (κ2) is 3.83. The maximum Gasteiger partial charge on any atom is 0.232 e. The van der Waals surface area contributed by atoms with Crippen molar-refractivity contribution in [2.45, 2.75) is 13.3 Å². The van der Waals surface area contributed by atoms with Gasteiger partial charge in [-0.25, -0.2) is 0 Å². The van der Waals surface area contributed by atoms with Gasteiger partial charge in [0.05, 0.1) is 0 Å². The number of rotatable bonds is 3. The van der Waals surface area contributed by atoms with Crippen LogP contribution in [0, 0.1) is 0 Å². The molecule has 2 amide bonds. The molecule has 0 aliphatic heterocycles. The van der Waals surface area contributed by atoms with Crippen molar-refractivity contribution in [2.75, 3.05) is 0 Å². The van der Waals surface area contributed by atoms with Crippen LogP contribution in [0.5, 0.6) is 0 Å². The van der Waals surface area contributed by atoms with Crippen molar-refractivity contribution in [3.05, 3.63) is 12.8 Å². The summed E-state index contributed by atoms with van der Waals surface area (Å²) in [5.41, 5.74) is 0. The van der Waals surface area contributed by atoms with E-state index in [9.17, 15) is 9.59 Å². The molecule has 0 aromatic carbocycles. The number of nitrogens with zero attached hydrogens (tertiary/aromatic N) is 1. The summed E-state index contributed by atoms with van der Waals surface area (Å²) >= 11 is 0. The van der Waals surface area contributed by atoms with Crippen molar-refractivity contribution >= 4 is 12.3 Å². The molecule has 3 nitrogen and oxygen atoms in total. The van der Waals surface area contributed by atoms with Gasteiger partial charge in [-0.15, -0.1) is 0 Å². The monoisotopic (exact) mass is 127 g/mol. The van der Waals surface area contributed by atoms with E-state index in [-0.39, 0.29) is 5.91 Å². The number of hydrogen-bond donors (Lipinski definition) is 0. The van der Waals surface area contributed by atoms with E-state index in [0.717, 1.165) is 4.90 Å². The highest BCUT2D eigenvalue weighted by atomic mass is 16.2. The van der Waals surface area contributed by atoms with Crippen LogP contribution in [0.2, 0.25) is 0 Å². The third-order valence-electron chi connectivity index (χ3n) is 0.901. The second-order valence-corrected chi connectivity index (χ2v) is 1.44. The SMILES string of the molecule is C=CN(C=O)C(=O)CC. The van der Waals surface area contributed by atoms with Crippen LogP contribution in [-0.4, -0.2) is 17.2 Å². The van der Waals surface area contributed by atoms with E-state index in [2.05, 4.69) is 6.58 Å². The van der Waals surface area contributed by atoms with Gasteiger partial charge in [-0.2, -0.15) is 0 Å². The summed E-state index contributed by atoms with van der Waals surface area (Å²) in [6.45, 7) is 4.96. The van der Waals surface area contributed by atoms with Crippen LogP contribution >= 0.6 is 0 Å². The van der Waals surface area contributed by atoms with Crippen LogP contribution in [0.25, 0.3) is 0 Å². The Bertz CT molecular complexity index is 123. The van der Waals surface area contributed by atoms with E-state index in [1.54, 1.807) is 6.92 Å². The fourth-order valence-corrected chi connectivity index (χ4v) is 0.386. The van der Waals surface area contributed by atoms with E-state index < -0.39 is 0 Å². The van der Waals surface area contributed by atoms with Gasteiger partial charge in [0.15, 0.2) is 0 Å². The first-order valence-corrected chi connectivity index (χ1v) is 2.65. The van der Waals surface area contributed by atoms with E-state index in [0.29, 0.717) is 12.8 Å². The van der Waals surface area contributed by atoms with Crippen LogP contribution in [0.1, 0.15) is 13.3 Å². The van der Waals surface area contributed by atoms with Crippen molar-refractivity contribution in [3.63, 3.8) is 0 Å². The zero-order valence-corrected chi connectivity index (χ0v) is 5.33. The third-order valence-corrected chi connectivity index (χ3v) is 0.901. The quantitative estimate of drug-likeness (QED) is 0.518. The Kier molecular flexibility index (Phi) is 3.35. The summed E-state index contributed by atoms with van der Waals surface area (Å²) in [5.74, 6) is -0.236. The van der Waals surface area contributed by atoms with Gasteiger partial charge in [-0.3, -0.25) is 14.5 Å². The van der Waals surface area contributed by atoms with E-state index >= 15 is 0 Å². The van der Waals surface area contributed by atoms with Gasteiger partial charge in [0.25, 0.3) is 0 Å². The molecule has 0 bridgehead atoms. The number of hydrogen-bond acceptors (Lipinski definition) is 2. The number of imide groups is 1. The highest BCUT2D eigenvalue weighted by molar-refractivity contribution is 5.86. The highest BCUT2D eigenvalue weighted by Crippen LogP contribution is 1.88. The van der Waals surface area contributed by atoms with Crippen molar-refractivity contribution in [1.29, 1.82) is 0 Å². The Morgan fingerprint density at radius 2 is 2.33 bits per heavy atom. The van der Waals surface area contributed by atoms with Crippen LogP contribution in [0.4, 0.5) is 0 Å². The summed E-state index contributed by atoms with van der Waals surface area (Å²) < 4.78 is 0. The molecule has 0 heterocycles. The summed E-state index contributed by atoms with van der Waals surface area (Å²) in [7, 11) is 0. The van der Waals surface area contributed by atoms with Crippen LogP contribution in [0.3, 0.4) is 0 Å². The molecule has 0 rings (SSSR count). The second-order valence-electron chi connectivity index (χ2n) is 1.44. The first-order chi connectivity index (χ1) is 4.26. The van der Waals surface area contributed by atoms with Crippen LogP contribution in [-0.2, 0) is 9.59 Å². The average Bonchev–Trinajstić information content (AvgIpc) is 1.90. The highest BCUT2D eigenvalue weighted by Gasteiger charge is 2.03. The minimum atomic E-state index is -0.236. The Morgan fingerprint density at radius 3 is 2.44 bits per heavy atom. The average molecular weight is 127 g/mol. The Hall–Kier alpha value is -1.12. The molecular weight excluding hydrogens is 118 g/mol. The zero-order chi connectivity index (χ0) is 7.28. The molecule has 50 valence electrons. The first kappa shape index (κ1) is 7.88. The smallest absolute Gasteiger partial charge is 0.232 e. The van der Waals surface area contributed by atoms with E-state index in [1.807, 2.05) is 0 Å². The van der Waals surface area contributed by atoms with Crippen molar-refractivity contribution in [2.24, 2.45) is 0 Å². The van der Waals surface area contributed by atoms with Gasteiger partial charge in [0, 0.05) is 12.6 Å². The van der Waals surface area contributed by atoms with E-state index in [1.165, 1.54) is 6.20 Å². The predicted molar refractivity (Wildman–Crippen MR) is 33.4 cm³/mol. The minimum absolute atomic E-state index is 0.236. The molecule has 0 unspecified atom stereocenters. The van der Waals surface area contributed by atoms with E-state index in [4.69, 9.17) is 0 Å². The van der Waals surface area contributed by atoms with Crippen molar-refractivity contribution in [1.82, 2.24) is 4.90 Å². The Labute approximate surface area is 54.0 Å². The Balaban J connectivity index is 3.93. The van der Waals surface area contributed by atoms with Crippen LogP contribution in [0.15, 0.2) is 12.8 Å². The summed E-state index contributed by atoms with van der Waals surface area (Å²) in [6.07, 6.45) is 1.96. The molecule has 9 heavy (non-hydrogen) atoms. The Morgan fingerprint density at radius 1 is 1.78 bits per heavy atom. The summed E-state index contributed by atoms with van der Waals surface area (Å²) in [6, 6.07) is 0. The maximum absolute atomic E-state index is 10.6. The molecule has 3 heteroatoms. The summed E-state index contributed by atoms with van der Waals surface area (Å²) in [5, 5.41) is 0. The number of carbonyl (C=O) groups is 2. The molecule has 0 atom stereocenters. The fourth-order valence-electron chi connectivity index (χ4n) is 0.386.